The third-order valence-electron chi connectivity index (χ3n) is 3.67. The average molecular weight is 306 g/mol. The molecule has 2 N–H and O–H groups in total. The van der Waals surface area contributed by atoms with E-state index >= 15 is 0 Å². The second-order valence-electron chi connectivity index (χ2n) is 5.94. The number of carboxylic acids is 1. The van der Waals surface area contributed by atoms with Gasteiger partial charge in [-0.15, -0.1) is 0 Å². The van der Waals surface area contributed by atoms with E-state index in [1.165, 1.54) is 4.31 Å². The van der Waals surface area contributed by atoms with E-state index in [4.69, 9.17) is 5.11 Å². The van der Waals surface area contributed by atoms with Gasteiger partial charge in [-0.25, -0.2) is 4.72 Å². The van der Waals surface area contributed by atoms with Crippen molar-refractivity contribution in [3.63, 3.8) is 0 Å². The molecule has 0 radical (unpaired) electrons. The van der Waals surface area contributed by atoms with Gasteiger partial charge in [-0.05, 0) is 24.7 Å². The van der Waals surface area contributed by atoms with Crippen molar-refractivity contribution >= 4 is 16.2 Å². The highest BCUT2D eigenvalue weighted by atomic mass is 32.2. The molecular weight excluding hydrogens is 280 g/mol. The van der Waals surface area contributed by atoms with Gasteiger partial charge in [0, 0.05) is 19.6 Å². The SMILES string of the molecule is CCCC(CNS(=O)(=O)N1CC(C)CC(C)C1)C(=O)O. The minimum absolute atomic E-state index is 0.0369. The maximum Gasteiger partial charge on any atom is 0.307 e. The van der Waals surface area contributed by atoms with Crippen molar-refractivity contribution in [2.75, 3.05) is 19.6 Å². The van der Waals surface area contributed by atoms with Gasteiger partial charge < -0.3 is 5.11 Å². The molecule has 0 aromatic carbocycles. The topological polar surface area (TPSA) is 86.7 Å². The summed E-state index contributed by atoms with van der Waals surface area (Å²) in [5.74, 6) is -0.938. The fourth-order valence-corrected chi connectivity index (χ4v) is 4.26. The molecular formula is C13H26N2O4S. The normalized spacial score (nSPS) is 26.4. The third kappa shape index (κ3) is 5.03. The second kappa shape index (κ2) is 7.38. The van der Waals surface area contributed by atoms with E-state index in [0.29, 0.717) is 31.3 Å². The molecule has 1 aliphatic rings. The lowest BCUT2D eigenvalue weighted by Crippen LogP contribution is -2.49. The van der Waals surface area contributed by atoms with Crippen LogP contribution in [0.15, 0.2) is 0 Å². The minimum atomic E-state index is -3.58. The van der Waals surface area contributed by atoms with Gasteiger partial charge in [-0.2, -0.15) is 12.7 Å². The van der Waals surface area contributed by atoms with Crippen molar-refractivity contribution in [3.05, 3.63) is 0 Å². The van der Waals surface area contributed by atoms with Crippen LogP contribution in [0.25, 0.3) is 0 Å². The number of hydrogen-bond acceptors (Lipinski definition) is 3. The summed E-state index contributed by atoms with van der Waals surface area (Å²) in [5.41, 5.74) is 0. The standard InChI is InChI=1S/C13H26N2O4S/c1-4-5-12(13(16)17)7-14-20(18,19)15-8-10(2)6-11(3)9-15/h10-12,14H,4-9H2,1-3H3,(H,16,17). The third-order valence-corrected chi connectivity index (χ3v) is 5.18. The van der Waals surface area contributed by atoms with Crippen molar-refractivity contribution < 1.29 is 18.3 Å². The number of nitrogens with zero attached hydrogens (tertiary/aromatic N) is 1. The zero-order chi connectivity index (χ0) is 15.3. The van der Waals surface area contributed by atoms with Gasteiger partial charge in [-0.1, -0.05) is 27.2 Å². The lowest BCUT2D eigenvalue weighted by atomic mass is 9.94. The van der Waals surface area contributed by atoms with Crippen molar-refractivity contribution in [3.8, 4) is 0 Å². The molecule has 0 aromatic rings. The number of carboxylic acid groups (broad SMARTS) is 1. The number of carbonyl (C=O) groups is 1. The molecule has 1 rings (SSSR count). The van der Waals surface area contributed by atoms with Crippen molar-refractivity contribution in [1.82, 2.24) is 9.03 Å². The monoisotopic (exact) mass is 306 g/mol. The molecule has 1 saturated heterocycles. The first-order valence-corrected chi connectivity index (χ1v) is 8.67. The molecule has 118 valence electrons. The van der Waals surface area contributed by atoms with Gasteiger partial charge in [-0.3, -0.25) is 4.79 Å². The Morgan fingerprint density at radius 3 is 2.35 bits per heavy atom. The fourth-order valence-electron chi connectivity index (χ4n) is 2.76. The number of hydrogen-bond donors (Lipinski definition) is 2. The van der Waals surface area contributed by atoms with Crippen molar-refractivity contribution in [1.29, 1.82) is 0 Å². The van der Waals surface area contributed by atoms with Crippen LogP contribution in [0.1, 0.15) is 40.0 Å². The Labute approximate surface area is 121 Å². The van der Waals surface area contributed by atoms with Gasteiger partial charge >= 0.3 is 5.97 Å². The smallest absolute Gasteiger partial charge is 0.307 e. The quantitative estimate of drug-likeness (QED) is 0.742. The Bertz CT molecular complexity index is 414. The number of rotatable bonds is 7. The molecule has 1 fully saturated rings. The largest absolute Gasteiger partial charge is 0.481 e. The van der Waals surface area contributed by atoms with E-state index in [2.05, 4.69) is 4.72 Å². The van der Waals surface area contributed by atoms with Crippen LogP contribution in [0.5, 0.6) is 0 Å². The van der Waals surface area contributed by atoms with E-state index in [-0.39, 0.29) is 6.54 Å². The zero-order valence-corrected chi connectivity index (χ0v) is 13.3. The van der Waals surface area contributed by atoms with E-state index in [1.54, 1.807) is 0 Å². The highest BCUT2D eigenvalue weighted by Crippen LogP contribution is 2.22. The van der Waals surface area contributed by atoms with Gasteiger partial charge in [0.15, 0.2) is 0 Å². The minimum Gasteiger partial charge on any atom is -0.481 e. The molecule has 7 heteroatoms. The fraction of sp³-hybridized carbons (Fsp3) is 0.923. The summed E-state index contributed by atoms with van der Waals surface area (Å²) >= 11 is 0. The summed E-state index contributed by atoms with van der Waals surface area (Å²) in [6.07, 6.45) is 2.22. The average Bonchev–Trinajstić information content (AvgIpc) is 2.32. The van der Waals surface area contributed by atoms with Crippen LogP contribution in [0, 0.1) is 17.8 Å². The van der Waals surface area contributed by atoms with E-state index in [1.807, 2.05) is 20.8 Å². The molecule has 0 amide bonds. The van der Waals surface area contributed by atoms with Crippen LogP contribution < -0.4 is 4.72 Å². The number of aliphatic carboxylic acids is 1. The number of nitrogens with one attached hydrogen (secondary N) is 1. The lowest BCUT2D eigenvalue weighted by molar-refractivity contribution is -0.141. The Balaban J connectivity index is 2.62. The summed E-state index contributed by atoms with van der Waals surface area (Å²) in [5, 5.41) is 9.05. The first-order chi connectivity index (χ1) is 9.26. The molecule has 3 unspecified atom stereocenters. The predicted octanol–water partition coefficient (Wildman–Crippen LogP) is 1.30. The van der Waals surface area contributed by atoms with Crippen LogP contribution >= 0.6 is 0 Å². The molecule has 0 spiro atoms. The van der Waals surface area contributed by atoms with Gasteiger partial charge in [0.05, 0.1) is 5.92 Å². The maximum absolute atomic E-state index is 12.2. The molecule has 0 bridgehead atoms. The summed E-state index contributed by atoms with van der Waals surface area (Å²) in [6.45, 7) is 6.93. The Morgan fingerprint density at radius 1 is 1.35 bits per heavy atom. The molecule has 0 saturated carbocycles. The van der Waals surface area contributed by atoms with E-state index in [9.17, 15) is 13.2 Å². The predicted molar refractivity (Wildman–Crippen MR) is 77.5 cm³/mol. The first kappa shape index (κ1) is 17.4. The molecule has 6 nitrogen and oxygen atoms in total. The Kier molecular flexibility index (Phi) is 6.42. The van der Waals surface area contributed by atoms with Gasteiger partial charge in [0.1, 0.15) is 0 Å². The Morgan fingerprint density at radius 2 is 1.90 bits per heavy atom. The summed E-state index contributed by atoms with van der Waals surface area (Å²) in [4.78, 5) is 11.0. The summed E-state index contributed by atoms with van der Waals surface area (Å²) in [6, 6.07) is 0. The van der Waals surface area contributed by atoms with Crippen molar-refractivity contribution in [2.45, 2.75) is 40.0 Å². The molecule has 1 aliphatic heterocycles. The summed E-state index contributed by atoms with van der Waals surface area (Å²) in [7, 11) is -3.58. The van der Waals surface area contributed by atoms with Crippen LogP contribution in [-0.4, -0.2) is 43.4 Å². The molecule has 0 aromatic heterocycles. The molecule has 20 heavy (non-hydrogen) atoms. The van der Waals surface area contributed by atoms with Crippen LogP contribution in [0.4, 0.5) is 0 Å². The first-order valence-electron chi connectivity index (χ1n) is 7.23. The number of piperidine rings is 1. The van der Waals surface area contributed by atoms with Gasteiger partial charge in [0.25, 0.3) is 10.2 Å². The van der Waals surface area contributed by atoms with Crippen LogP contribution in [-0.2, 0) is 15.0 Å². The van der Waals surface area contributed by atoms with Gasteiger partial charge in [0.2, 0.25) is 0 Å². The summed E-state index contributed by atoms with van der Waals surface area (Å²) < 4.78 is 28.4. The maximum atomic E-state index is 12.2. The van der Waals surface area contributed by atoms with Crippen molar-refractivity contribution in [2.24, 2.45) is 17.8 Å². The molecule has 1 heterocycles. The molecule has 0 aliphatic carbocycles. The lowest BCUT2D eigenvalue weighted by Gasteiger charge is -2.34. The highest BCUT2D eigenvalue weighted by molar-refractivity contribution is 7.87. The van der Waals surface area contributed by atoms with Crippen LogP contribution in [0.3, 0.4) is 0 Å². The van der Waals surface area contributed by atoms with E-state index < -0.39 is 22.1 Å². The Hall–Kier alpha value is -0.660. The zero-order valence-electron chi connectivity index (χ0n) is 12.5. The van der Waals surface area contributed by atoms with E-state index in [0.717, 1.165) is 12.8 Å². The second-order valence-corrected chi connectivity index (χ2v) is 7.70. The highest BCUT2D eigenvalue weighted by Gasteiger charge is 2.31. The molecule has 3 atom stereocenters. The van der Waals surface area contributed by atoms with Crippen LogP contribution in [0.2, 0.25) is 0 Å².